The molecule has 1 aliphatic heterocycles. The van der Waals surface area contributed by atoms with Crippen molar-refractivity contribution in [1.29, 1.82) is 0 Å². The summed E-state index contributed by atoms with van der Waals surface area (Å²) in [7, 11) is 4.49. The van der Waals surface area contributed by atoms with Gasteiger partial charge in [0.25, 0.3) is 5.91 Å². The number of ether oxygens (including phenoxy) is 3. The number of rotatable bonds is 9. The second-order valence-corrected chi connectivity index (χ2v) is 8.05. The fourth-order valence-corrected chi connectivity index (χ4v) is 4.02. The van der Waals surface area contributed by atoms with E-state index in [0.717, 1.165) is 31.0 Å². The first-order valence-corrected chi connectivity index (χ1v) is 10.8. The van der Waals surface area contributed by atoms with Crippen molar-refractivity contribution in [2.45, 2.75) is 25.8 Å². The maximum absolute atomic E-state index is 14.1. The minimum atomic E-state index is -0.644. The second kappa shape index (κ2) is 11.1. The molecule has 0 unspecified atom stereocenters. The summed E-state index contributed by atoms with van der Waals surface area (Å²) in [6.45, 7) is 3.50. The van der Waals surface area contributed by atoms with Crippen molar-refractivity contribution in [1.82, 2.24) is 10.2 Å². The first-order chi connectivity index (χ1) is 15.9. The predicted octanol–water partition coefficient (Wildman–Crippen LogP) is 4.29. The summed E-state index contributed by atoms with van der Waals surface area (Å²) in [5.41, 5.74) is 1.43. The van der Waals surface area contributed by atoms with Crippen LogP contribution in [0.1, 0.15) is 35.7 Å². The van der Waals surface area contributed by atoms with Gasteiger partial charge >= 0.3 is 0 Å². The van der Waals surface area contributed by atoms with Crippen LogP contribution in [-0.4, -0.2) is 57.8 Å². The fraction of sp³-hybridized carbons (Fsp3) is 0.400. The molecule has 1 heterocycles. The van der Waals surface area contributed by atoms with E-state index in [1.807, 2.05) is 6.92 Å². The van der Waals surface area contributed by atoms with Crippen molar-refractivity contribution in [3.63, 3.8) is 0 Å². The van der Waals surface area contributed by atoms with Gasteiger partial charge in [-0.1, -0.05) is 11.6 Å². The molecule has 1 atom stereocenters. The third-order valence-corrected chi connectivity index (χ3v) is 5.61. The maximum atomic E-state index is 14.1. The van der Waals surface area contributed by atoms with Crippen LogP contribution in [-0.2, 0) is 0 Å². The summed E-state index contributed by atoms with van der Waals surface area (Å²) in [5.74, 6) is -0.304. The first kappa shape index (κ1) is 24.5. The molecule has 8 heteroatoms. The lowest BCUT2D eigenvalue weighted by Gasteiger charge is -2.27. The zero-order chi connectivity index (χ0) is 24.0. The molecule has 178 valence electrons. The normalized spacial score (nSPS) is 15.9. The summed E-state index contributed by atoms with van der Waals surface area (Å²) < 4.78 is 43.5. The Kier molecular flexibility index (Phi) is 8.27. The molecule has 0 aromatic heterocycles. The molecular formula is C25H30F2N2O4. The van der Waals surface area contributed by atoms with Crippen molar-refractivity contribution in [2.75, 3.05) is 41.0 Å². The van der Waals surface area contributed by atoms with Gasteiger partial charge in [0.15, 0.2) is 11.5 Å². The predicted molar refractivity (Wildman–Crippen MR) is 123 cm³/mol. The Balaban J connectivity index is 1.91. The topological polar surface area (TPSA) is 60.0 Å². The Morgan fingerprint density at radius 2 is 1.82 bits per heavy atom. The summed E-state index contributed by atoms with van der Waals surface area (Å²) in [6, 6.07) is 6.86. The molecule has 0 saturated carbocycles. The molecule has 1 N–H and O–H groups in total. The Bertz CT molecular complexity index is 994. The molecule has 1 aliphatic rings. The lowest BCUT2D eigenvalue weighted by molar-refractivity contribution is 0.0756. The van der Waals surface area contributed by atoms with Gasteiger partial charge in [-0.25, -0.2) is 8.78 Å². The van der Waals surface area contributed by atoms with Gasteiger partial charge in [0.1, 0.15) is 11.6 Å². The smallest absolute Gasteiger partial charge is 0.254 e. The van der Waals surface area contributed by atoms with E-state index >= 15 is 0 Å². The number of hydrogen-bond acceptors (Lipinski definition) is 5. The molecule has 6 nitrogen and oxygen atoms in total. The highest BCUT2D eigenvalue weighted by Gasteiger charge is 2.25. The van der Waals surface area contributed by atoms with E-state index in [0.29, 0.717) is 29.4 Å². The van der Waals surface area contributed by atoms with E-state index in [1.165, 1.54) is 33.5 Å². The van der Waals surface area contributed by atoms with E-state index in [-0.39, 0.29) is 24.1 Å². The second-order valence-electron chi connectivity index (χ2n) is 8.05. The monoisotopic (exact) mass is 460 g/mol. The minimum Gasteiger partial charge on any atom is -0.493 e. The lowest BCUT2D eigenvalue weighted by atomic mass is 10.1. The molecule has 3 rings (SSSR count). The van der Waals surface area contributed by atoms with Crippen molar-refractivity contribution in [2.24, 2.45) is 0 Å². The summed E-state index contributed by atoms with van der Waals surface area (Å²) >= 11 is 0. The third-order valence-electron chi connectivity index (χ3n) is 5.61. The van der Waals surface area contributed by atoms with Crippen LogP contribution >= 0.6 is 0 Å². The minimum absolute atomic E-state index is 0.173. The summed E-state index contributed by atoms with van der Waals surface area (Å²) in [5, 5.41) is 3.41. The number of nitrogens with zero attached hydrogens (tertiary/aromatic N) is 1. The van der Waals surface area contributed by atoms with Crippen LogP contribution in [0.5, 0.6) is 17.2 Å². The van der Waals surface area contributed by atoms with Crippen LogP contribution in [0, 0.1) is 11.6 Å². The number of nitrogens with one attached hydrogen (secondary N) is 1. The SMILES string of the molecule is COc1cc(C(=O)N(C/C(C)=C/c2ccc(F)cc2F)C[C@H]2CCCN2)cc(OC)c1OC. The molecule has 2 aromatic carbocycles. The van der Waals surface area contributed by atoms with Gasteiger partial charge in [-0.3, -0.25) is 4.79 Å². The van der Waals surface area contributed by atoms with Crippen molar-refractivity contribution >= 4 is 12.0 Å². The average Bonchev–Trinajstić information content (AvgIpc) is 3.32. The average molecular weight is 461 g/mol. The van der Waals surface area contributed by atoms with Crippen LogP contribution in [0.3, 0.4) is 0 Å². The molecular weight excluding hydrogens is 430 g/mol. The molecule has 0 spiro atoms. The Morgan fingerprint density at radius 3 is 2.36 bits per heavy atom. The molecule has 2 aromatic rings. The van der Waals surface area contributed by atoms with Crippen LogP contribution in [0.2, 0.25) is 0 Å². The van der Waals surface area contributed by atoms with E-state index in [4.69, 9.17) is 14.2 Å². The molecule has 1 saturated heterocycles. The van der Waals surface area contributed by atoms with Crippen molar-refractivity contribution < 1.29 is 27.8 Å². The molecule has 0 bridgehead atoms. The van der Waals surface area contributed by atoms with Gasteiger partial charge in [-0.2, -0.15) is 0 Å². The number of hydrogen-bond donors (Lipinski definition) is 1. The quantitative estimate of drug-likeness (QED) is 0.605. The Hall–Kier alpha value is -3.13. The van der Waals surface area contributed by atoms with Crippen molar-refractivity contribution in [3.8, 4) is 17.2 Å². The largest absolute Gasteiger partial charge is 0.493 e. The van der Waals surface area contributed by atoms with Gasteiger partial charge < -0.3 is 24.4 Å². The molecule has 1 amide bonds. The lowest BCUT2D eigenvalue weighted by Crippen LogP contribution is -2.42. The van der Waals surface area contributed by atoms with Crippen molar-refractivity contribution in [3.05, 3.63) is 58.7 Å². The molecule has 0 aliphatic carbocycles. The van der Waals surface area contributed by atoms with Gasteiger partial charge in [-0.15, -0.1) is 0 Å². The van der Waals surface area contributed by atoms with Crippen LogP contribution in [0.4, 0.5) is 8.78 Å². The number of methoxy groups -OCH3 is 3. The highest BCUT2D eigenvalue weighted by molar-refractivity contribution is 5.96. The van der Waals surface area contributed by atoms with Gasteiger partial charge in [-0.05, 0) is 50.6 Å². The number of benzene rings is 2. The van der Waals surface area contributed by atoms with Crippen LogP contribution in [0.15, 0.2) is 35.9 Å². The highest BCUT2D eigenvalue weighted by Crippen LogP contribution is 2.38. The fourth-order valence-electron chi connectivity index (χ4n) is 4.02. The van der Waals surface area contributed by atoms with Gasteiger partial charge in [0.2, 0.25) is 5.75 Å². The number of carbonyl (C=O) groups is 1. The van der Waals surface area contributed by atoms with Gasteiger partial charge in [0.05, 0.1) is 21.3 Å². The number of halogens is 2. The standard InChI is InChI=1S/C25H30F2N2O4/c1-16(10-17-7-8-19(26)13-21(17)27)14-29(15-20-6-5-9-28-20)25(30)18-11-22(31-2)24(33-4)23(12-18)32-3/h7-8,10-13,20,28H,5-6,9,14-15H2,1-4H3/b16-10+/t20-/m1/s1. The van der Waals surface area contributed by atoms with Crippen LogP contribution < -0.4 is 19.5 Å². The molecule has 1 fully saturated rings. The highest BCUT2D eigenvalue weighted by atomic mass is 19.1. The van der Waals surface area contributed by atoms with Crippen LogP contribution in [0.25, 0.3) is 6.08 Å². The van der Waals surface area contributed by atoms with Gasteiger partial charge in [0, 0.05) is 36.3 Å². The zero-order valence-corrected chi connectivity index (χ0v) is 19.4. The van der Waals surface area contributed by atoms with E-state index in [1.54, 1.807) is 23.1 Å². The molecule has 33 heavy (non-hydrogen) atoms. The van der Waals surface area contributed by atoms with E-state index in [9.17, 15) is 13.6 Å². The number of amides is 1. The van der Waals surface area contributed by atoms with E-state index < -0.39 is 11.6 Å². The van der Waals surface area contributed by atoms with E-state index in [2.05, 4.69) is 5.32 Å². The number of carbonyl (C=O) groups excluding carboxylic acids is 1. The maximum Gasteiger partial charge on any atom is 0.254 e. The molecule has 0 radical (unpaired) electrons. The Labute approximate surface area is 193 Å². The summed E-state index contributed by atoms with van der Waals surface area (Å²) in [4.78, 5) is 15.3. The first-order valence-electron chi connectivity index (χ1n) is 10.8. The third kappa shape index (κ3) is 6.01. The Morgan fingerprint density at radius 1 is 1.12 bits per heavy atom. The zero-order valence-electron chi connectivity index (χ0n) is 19.4. The summed E-state index contributed by atoms with van der Waals surface area (Å²) in [6.07, 6.45) is 3.65.